The fourth-order valence-corrected chi connectivity index (χ4v) is 1.12. The fourth-order valence-electron chi connectivity index (χ4n) is 1.12. The molecule has 0 fully saturated rings. The van der Waals surface area contributed by atoms with Crippen LogP contribution in [-0.2, 0) is 0 Å². The van der Waals surface area contributed by atoms with Gasteiger partial charge in [0, 0.05) is 5.69 Å². The molecule has 0 amide bonds. The smallest absolute Gasteiger partial charge is 0.101 e. The van der Waals surface area contributed by atoms with Gasteiger partial charge >= 0.3 is 0 Å². The number of nitrogens with zero attached hydrogens (tertiary/aromatic N) is 1. The third-order valence-electron chi connectivity index (χ3n) is 1.75. The van der Waals surface area contributed by atoms with E-state index in [0.717, 1.165) is 0 Å². The molecule has 0 atom stereocenters. The Morgan fingerprint density at radius 2 is 2.17 bits per heavy atom. The van der Waals surface area contributed by atoms with Crippen molar-refractivity contribution < 1.29 is 9.90 Å². The second-order valence-corrected chi connectivity index (χ2v) is 2.52. The number of aromatic amines is 1. The van der Waals surface area contributed by atoms with Crippen LogP contribution in [-0.4, -0.2) is 11.0 Å². The van der Waals surface area contributed by atoms with Gasteiger partial charge in [0.15, 0.2) is 0 Å². The Kier molecular flexibility index (Phi) is 1.88. The number of hydrogen-bond acceptors (Lipinski definition) is 3. The molecule has 4 nitrogen and oxygen atoms in total. The number of carboxylic acids is 1. The van der Waals surface area contributed by atoms with E-state index >= 15 is 0 Å². The summed E-state index contributed by atoms with van der Waals surface area (Å²) in [4.78, 5) is 13.0. The molecule has 1 aromatic rings. The minimum atomic E-state index is -1.28. The Morgan fingerprint density at radius 1 is 1.58 bits per heavy atom. The number of nitriles is 1. The number of carbonyl (C=O) groups is 1. The molecule has 12 heavy (non-hydrogen) atoms. The molecule has 0 unspecified atom stereocenters. The number of carboxylic acid groups (broad SMARTS) is 1. The summed E-state index contributed by atoms with van der Waals surface area (Å²) in [6.07, 6.45) is 0. The lowest BCUT2D eigenvalue weighted by molar-refractivity contribution is -0.255. The number of nitrogens with one attached hydrogen (secondary N) is 1. The molecule has 1 rings (SSSR count). The highest BCUT2D eigenvalue weighted by Gasteiger charge is 2.10. The maximum Gasteiger partial charge on any atom is 0.101 e. The van der Waals surface area contributed by atoms with Gasteiger partial charge in [0.1, 0.15) is 6.07 Å². The summed E-state index contributed by atoms with van der Waals surface area (Å²) >= 11 is 0. The van der Waals surface area contributed by atoms with Gasteiger partial charge in [-0.2, -0.15) is 5.26 Å². The van der Waals surface area contributed by atoms with Crippen molar-refractivity contribution in [1.82, 2.24) is 4.98 Å². The lowest BCUT2D eigenvalue weighted by atomic mass is 10.1. The Labute approximate surface area is 69.4 Å². The normalized spacial score (nSPS) is 9.42. The molecule has 62 valence electrons. The van der Waals surface area contributed by atoms with Crippen LogP contribution in [0.5, 0.6) is 0 Å². The van der Waals surface area contributed by atoms with Crippen molar-refractivity contribution >= 4 is 5.97 Å². The third kappa shape index (κ3) is 1.05. The van der Waals surface area contributed by atoms with Crippen molar-refractivity contribution in [3.05, 3.63) is 22.5 Å². The molecule has 0 saturated carbocycles. The first-order chi connectivity index (χ1) is 5.57. The number of rotatable bonds is 1. The van der Waals surface area contributed by atoms with Crippen LogP contribution in [0.3, 0.4) is 0 Å². The Morgan fingerprint density at radius 3 is 2.42 bits per heavy atom. The minimum absolute atomic E-state index is 0.0101. The zero-order chi connectivity index (χ0) is 9.30. The Hall–Kier alpha value is -1.76. The molecule has 0 aliphatic carbocycles. The highest BCUT2D eigenvalue weighted by Crippen LogP contribution is 2.15. The molecule has 0 aliphatic rings. The lowest BCUT2D eigenvalue weighted by Crippen LogP contribution is -2.23. The van der Waals surface area contributed by atoms with Gasteiger partial charge in [-0.1, -0.05) is 0 Å². The predicted molar refractivity (Wildman–Crippen MR) is 39.3 cm³/mol. The monoisotopic (exact) mass is 163 g/mol. The summed E-state index contributed by atoms with van der Waals surface area (Å²) in [5, 5.41) is 19.1. The van der Waals surface area contributed by atoms with Crippen molar-refractivity contribution in [1.29, 1.82) is 5.26 Å². The molecule has 0 saturated heterocycles. The number of aromatic nitrogens is 1. The standard InChI is InChI=1S/C8H8N2O2/c1-4-6(3-9)5(2)10-7(4)8(11)12/h10H,1-2H3,(H,11,12)/p-1. The van der Waals surface area contributed by atoms with Crippen molar-refractivity contribution in [3.8, 4) is 6.07 Å². The van der Waals surface area contributed by atoms with Crippen LogP contribution >= 0.6 is 0 Å². The summed E-state index contributed by atoms with van der Waals surface area (Å²) < 4.78 is 0. The van der Waals surface area contributed by atoms with E-state index in [-0.39, 0.29) is 5.69 Å². The van der Waals surface area contributed by atoms with Gasteiger partial charge in [-0.3, -0.25) is 0 Å². The van der Waals surface area contributed by atoms with E-state index in [1.807, 2.05) is 6.07 Å². The van der Waals surface area contributed by atoms with E-state index in [1.54, 1.807) is 13.8 Å². The van der Waals surface area contributed by atoms with E-state index in [4.69, 9.17) is 5.26 Å². The first kappa shape index (κ1) is 8.34. The number of H-pyrrole nitrogens is 1. The van der Waals surface area contributed by atoms with Crippen molar-refractivity contribution in [2.24, 2.45) is 0 Å². The summed E-state index contributed by atoms with van der Waals surface area (Å²) in [6.45, 7) is 3.23. The molecule has 0 radical (unpaired) electrons. The lowest BCUT2D eigenvalue weighted by Gasteiger charge is -1.98. The average Bonchev–Trinajstić information content (AvgIpc) is 2.27. The van der Waals surface area contributed by atoms with Crippen molar-refractivity contribution in [3.63, 3.8) is 0 Å². The molecule has 0 aliphatic heterocycles. The van der Waals surface area contributed by atoms with Crippen molar-refractivity contribution in [2.45, 2.75) is 13.8 Å². The molecular formula is C8H7N2O2-. The third-order valence-corrected chi connectivity index (χ3v) is 1.75. The van der Waals surface area contributed by atoms with Crippen molar-refractivity contribution in [2.75, 3.05) is 0 Å². The highest BCUT2D eigenvalue weighted by atomic mass is 16.4. The Bertz CT molecular complexity index is 371. The van der Waals surface area contributed by atoms with Crippen LogP contribution in [0.2, 0.25) is 0 Å². The topological polar surface area (TPSA) is 79.7 Å². The number of aromatic carboxylic acids is 1. The van der Waals surface area contributed by atoms with E-state index < -0.39 is 5.97 Å². The first-order valence-electron chi connectivity index (χ1n) is 3.38. The molecule has 4 heteroatoms. The zero-order valence-corrected chi connectivity index (χ0v) is 6.76. The van der Waals surface area contributed by atoms with E-state index in [1.165, 1.54) is 0 Å². The van der Waals surface area contributed by atoms with Crippen LogP contribution < -0.4 is 5.11 Å². The number of hydrogen-bond donors (Lipinski definition) is 1. The Balaban J connectivity index is 3.39. The summed E-state index contributed by atoms with van der Waals surface area (Å²) in [6, 6.07) is 1.92. The maximum absolute atomic E-state index is 10.5. The maximum atomic E-state index is 10.5. The average molecular weight is 163 g/mol. The van der Waals surface area contributed by atoms with E-state index in [9.17, 15) is 9.90 Å². The summed E-state index contributed by atoms with van der Waals surface area (Å²) in [5.74, 6) is -1.28. The van der Waals surface area contributed by atoms with E-state index in [0.29, 0.717) is 16.8 Å². The quantitative estimate of drug-likeness (QED) is 0.626. The first-order valence-corrected chi connectivity index (χ1v) is 3.38. The largest absolute Gasteiger partial charge is 0.543 e. The van der Waals surface area contributed by atoms with Crippen LogP contribution in [0, 0.1) is 25.2 Å². The molecule has 0 bridgehead atoms. The molecule has 0 aromatic carbocycles. The summed E-state index contributed by atoms with van der Waals surface area (Å²) in [7, 11) is 0. The van der Waals surface area contributed by atoms with E-state index in [2.05, 4.69) is 4.98 Å². The zero-order valence-electron chi connectivity index (χ0n) is 6.76. The minimum Gasteiger partial charge on any atom is -0.543 e. The van der Waals surface area contributed by atoms with Gasteiger partial charge < -0.3 is 14.9 Å². The van der Waals surface area contributed by atoms with Crippen LogP contribution in [0.25, 0.3) is 0 Å². The van der Waals surface area contributed by atoms with Crippen LogP contribution in [0.4, 0.5) is 0 Å². The SMILES string of the molecule is Cc1[nH]c(C(=O)[O-])c(C)c1C#N. The highest BCUT2D eigenvalue weighted by molar-refractivity contribution is 5.86. The predicted octanol–water partition coefficient (Wildman–Crippen LogP) is -0.133. The van der Waals surface area contributed by atoms with Gasteiger partial charge in [0.05, 0.1) is 17.2 Å². The second kappa shape index (κ2) is 2.70. The van der Waals surface area contributed by atoms with Gasteiger partial charge in [0.2, 0.25) is 0 Å². The summed E-state index contributed by atoms with van der Waals surface area (Å²) in [5.41, 5.74) is 1.38. The molecular weight excluding hydrogens is 156 g/mol. The van der Waals surface area contributed by atoms with Gasteiger partial charge in [-0.25, -0.2) is 0 Å². The second-order valence-electron chi connectivity index (χ2n) is 2.52. The van der Waals surface area contributed by atoms with Gasteiger partial charge in [0.25, 0.3) is 0 Å². The van der Waals surface area contributed by atoms with Crippen LogP contribution in [0.1, 0.15) is 27.3 Å². The molecule has 1 heterocycles. The molecule has 0 spiro atoms. The van der Waals surface area contributed by atoms with Crippen LogP contribution in [0.15, 0.2) is 0 Å². The van der Waals surface area contributed by atoms with Gasteiger partial charge in [-0.15, -0.1) is 0 Å². The molecule has 1 N–H and O–H groups in total. The number of aryl methyl sites for hydroxylation is 1. The number of carbonyl (C=O) groups excluding carboxylic acids is 1. The fraction of sp³-hybridized carbons (Fsp3) is 0.250. The molecule has 1 aromatic heterocycles. The van der Waals surface area contributed by atoms with Gasteiger partial charge in [-0.05, 0) is 19.4 Å².